The van der Waals surface area contributed by atoms with Crippen LogP contribution in [0.25, 0.3) is 11.0 Å². The number of benzene rings is 1. The van der Waals surface area contributed by atoms with E-state index in [-0.39, 0.29) is 5.76 Å². The zero-order valence-corrected chi connectivity index (χ0v) is 12.6. The highest BCUT2D eigenvalue weighted by atomic mass is 16.4. The molecule has 21 heavy (non-hydrogen) atoms. The number of carboxylic acids is 1. The number of hydrogen-bond acceptors (Lipinski definition) is 3. The van der Waals surface area contributed by atoms with Crippen molar-refractivity contribution in [3.8, 4) is 0 Å². The van der Waals surface area contributed by atoms with Crippen molar-refractivity contribution in [1.82, 2.24) is 5.32 Å². The van der Waals surface area contributed by atoms with Gasteiger partial charge in [0, 0.05) is 10.9 Å². The molecule has 0 aliphatic carbocycles. The van der Waals surface area contributed by atoms with E-state index in [1.165, 1.54) is 0 Å². The molecule has 0 saturated heterocycles. The minimum Gasteiger partial charge on any atom is -0.480 e. The number of nitrogens with one attached hydrogen (secondary N) is 1. The second kappa shape index (κ2) is 5.60. The number of aryl methyl sites for hydroxylation is 3. The molecule has 1 amide bonds. The molecule has 1 aromatic carbocycles. The van der Waals surface area contributed by atoms with Crippen LogP contribution in [0.15, 0.2) is 16.5 Å². The Morgan fingerprint density at radius 2 is 1.86 bits per heavy atom. The van der Waals surface area contributed by atoms with Crippen LogP contribution in [0.3, 0.4) is 0 Å². The van der Waals surface area contributed by atoms with Crippen molar-refractivity contribution in [1.29, 1.82) is 0 Å². The zero-order valence-electron chi connectivity index (χ0n) is 12.6. The third kappa shape index (κ3) is 2.63. The van der Waals surface area contributed by atoms with E-state index in [0.29, 0.717) is 12.0 Å². The summed E-state index contributed by atoms with van der Waals surface area (Å²) in [7, 11) is 0. The lowest BCUT2D eigenvalue weighted by molar-refractivity contribution is -0.139. The fraction of sp³-hybridized carbons (Fsp3) is 0.375. The quantitative estimate of drug-likeness (QED) is 0.907. The van der Waals surface area contributed by atoms with Crippen LogP contribution < -0.4 is 5.32 Å². The fourth-order valence-corrected chi connectivity index (χ4v) is 2.45. The summed E-state index contributed by atoms with van der Waals surface area (Å²) < 4.78 is 5.69. The van der Waals surface area contributed by atoms with E-state index >= 15 is 0 Å². The lowest BCUT2D eigenvalue weighted by Gasteiger charge is -2.11. The van der Waals surface area contributed by atoms with Gasteiger partial charge < -0.3 is 14.8 Å². The molecule has 0 aliphatic heterocycles. The van der Waals surface area contributed by atoms with Crippen LogP contribution in [-0.2, 0) is 4.79 Å². The number of fused-ring (bicyclic) bond motifs is 1. The first kappa shape index (κ1) is 15.1. The molecule has 0 spiro atoms. The largest absolute Gasteiger partial charge is 0.480 e. The van der Waals surface area contributed by atoms with Crippen molar-refractivity contribution in [2.45, 2.75) is 40.2 Å². The highest BCUT2D eigenvalue weighted by molar-refractivity contribution is 6.01. The lowest BCUT2D eigenvalue weighted by Crippen LogP contribution is -2.40. The van der Waals surface area contributed by atoms with E-state index in [4.69, 9.17) is 9.52 Å². The third-order valence-corrected chi connectivity index (χ3v) is 3.70. The van der Waals surface area contributed by atoms with Crippen molar-refractivity contribution < 1.29 is 19.1 Å². The summed E-state index contributed by atoms with van der Waals surface area (Å²) >= 11 is 0. The molecule has 0 aliphatic rings. The first-order valence-electron chi connectivity index (χ1n) is 6.89. The Labute approximate surface area is 122 Å². The van der Waals surface area contributed by atoms with Crippen LogP contribution in [-0.4, -0.2) is 23.0 Å². The first-order valence-corrected chi connectivity index (χ1v) is 6.89. The average Bonchev–Trinajstić information content (AvgIpc) is 2.79. The van der Waals surface area contributed by atoms with Gasteiger partial charge in [0.2, 0.25) is 0 Å². The predicted molar refractivity (Wildman–Crippen MR) is 79.6 cm³/mol. The Bertz CT molecular complexity index is 715. The fourth-order valence-electron chi connectivity index (χ4n) is 2.45. The molecule has 2 aromatic rings. The van der Waals surface area contributed by atoms with Crippen molar-refractivity contribution >= 4 is 22.8 Å². The monoisotopic (exact) mass is 289 g/mol. The van der Waals surface area contributed by atoms with Crippen LogP contribution in [0.4, 0.5) is 0 Å². The third-order valence-electron chi connectivity index (χ3n) is 3.70. The van der Waals surface area contributed by atoms with E-state index in [1.807, 2.05) is 32.9 Å². The number of hydrogen-bond donors (Lipinski definition) is 2. The van der Waals surface area contributed by atoms with E-state index in [2.05, 4.69) is 5.32 Å². The van der Waals surface area contributed by atoms with Gasteiger partial charge in [-0.25, -0.2) is 4.79 Å². The summed E-state index contributed by atoms with van der Waals surface area (Å²) in [5, 5.41) is 12.4. The van der Waals surface area contributed by atoms with Crippen LogP contribution >= 0.6 is 0 Å². The van der Waals surface area contributed by atoms with E-state index in [1.54, 1.807) is 6.92 Å². The van der Waals surface area contributed by atoms with Gasteiger partial charge in [-0.15, -0.1) is 0 Å². The summed E-state index contributed by atoms with van der Waals surface area (Å²) in [5.74, 6) is -1.36. The Morgan fingerprint density at radius 3 is 2.38 bits per heavy atom. The number of carboxylic acid groups (broad SMARTS) is 1. The SMILES string of the molecule is CCC(NC(=O)c1oc2c(C)ccc(C)c2c1C)C(=O)O. The normalized spacial score (nSPS) is 12.4. The van der Waals surface area contributed by atoms with Crippen LogP contribution in [0.1, 0.15) is 40.6 Å². The predicted octanol–water partition coefficient (Wildman–Crippen LogP) is 2.95. The summed E-state index contributed by atoms with van der Waals surface area (Å²) in [6.45, 7) is 7.39. The Hall–Kier alpha value is -2.30. The maximum absolute atomic E-state index is 12.3. The molecule has 0 radical (unpaired) electrons. The number of amides is 1. The highest BCUT2D eigenvalue weighted by Crippen LogP contribution is 2.30. The molecule has 1 atom stereocenters. The van der Waals surface area contributed by atoms with Gasteiger partial charge in [-0.2, -0.15) is 0 Å². The minimum absolute atomic E-state index is 0.182. The van der Waals surface area contributed by atoms with Gasteiger partial charge in [-0.05, 0) is 38.3 Å². The summed E-state index contributed by atoms with van der Waals surface area (Å²) in [4.78, 5) is 23.3. The Morgan fingerprint density at radius 1 is 1.24 bits per heavy atom. The zero-order chi connectivity index (χ0) is 15.7. The Kier molecular flexibility index (Phi) is 4.02. The maximum Gasteiger partial charge on any atom is 0.326 e. The van der Waals surface area contributed by atoms with E-state index in [0.717, 1.165) is 22.1 Å². The second-order valence-electron chi connectivity index (χ2n) is 5.23. The van der Waals surface area contributed by atoms with Crippen LogP contribution in [0.5, 0.6) is 0 Å². The molecule has 0 fully saturated rings. The van der Waals surface area contributed by atoms with Crippen molar-refractivity contribution in [3.63, 3.8) is 0 Å². The summed E-state index contributed by atoms with van der Waals surface area (Å²) in [6.07, 6.45) is 0.318. The van der Waals surface area contributed by atoms with Crippen molar-refractivity contribution in [2.24, 2.45) is 0 Å². The molecule has 112 valence electrons. The van der Waals surface area contributed by atoms with Gasteiger partial charge in [0.1, 0.15) is 11.6 Å². The van der Waals surface area contributed by atoms with Gasteiger partial charge in [0.15, 0.2) is 5.76 Å². The first-order chi connectivity index (χ1) is 9.86. The topological polar surface area (TPSA) is 79.5 Å². The molecule has 0 saturated carbocycles. The van der Waals surface area contributed by atoms with Gasteiger partial charge in [-0.3, -0.25) is 4.79 Å². The number of aliphatic carboxylic acids is 1. The molecule has 2 rings (SSSR count). The van der Waals surface area contributed by atoms with Gasteiger partial charge in [-0.1, -0.05) is 19.1 Å². The van der Waals surface area contributed by atoms with Gasteiger partial charge in [0.05, 0.1) is 0 Å². The molecular weight excluding hydrogens is 270 g/mol. The molecule has 5 nitrogen and oxygen atoms in total. The molecule has 0 bridgehead atoms. The maximum atomic E-state index is 12.3. The molecule has 1 unspecified atom stereocenters. The summed E-state index contributed by atoms with van der Waals surface area (Å²) in [5.41, 5.74) is 3.40. The second-order valence-corrected chi connectivity index (χ2v) is 5.23. The molecule has 2 N–H and O–H groups in total. The lowest BCUT2D eigenvalue weighted by atomic mass is 10.0. The number of carbonyl (C=O) groups excluding carboxylic acids is 1. The molecular formula is C16H19NO4. The van der Waals surface area contributed by atoms with E-state index < -0.39 is 17.9 Å². The Balaban J connectivity index is 2.45. The van der Waals surface area contributed by atoms with Gasteiger partial charge in [0.25, 0.3) is 5.91 Å². The molecule has 1 aromatic heterocycles. The average molecular weight is 289 g/mol. The van der Waals surface area contributed by atoms with Gasteiger partial charge >= 0.3 is 5.97 Å². The van der Waals surface area contributed by atoms with Crippen molar-refractivity contribution in [3.05, 3.63) is 34.6 Å². The molecule has 1 heterocycles. The number of carbonyl (C=O) groups is 2. The number of furan rings is 1. The smallest absolute Gasteiger partial charge is 0.326 e. The number of rotatable bonds is 4. The highest BCUT2D eigenvalue weighted by Gasteiger charge is 2.24. The van der Waals surface area contributed by atoms with Crippen LogP contribution in [0.2, 0.25) is 0 Å². The van der Waals surface area contributed by atoms with Crippen LogP contribution in [0, 0.1) is 20.8 Å². The summed E-state index contributed by atoms with van der Waals surface area (Å²) in [6, 6.07) is 3.01. The van der Waals surface area contributed by atoms with E-state index in [9.17, 15) is 9.59 Å². The molecule has 5 heteroatoms. The minimum atomic E-state index is -1.05. The van der Waals surface area contributed by atoms with Crippen molar-refractivity contribution in [2.75, 3.05) is 0 Å². The standard InChI is InChI=1S/C16H19NO4/c1-5-11(16(19)20)17-15(18)14-10(4)12-8(2)6-7-9(3)13(12)21-14/h6-7,11H,5H2,1-4H3,(H,17,18)(H,19,20).